The monoisotopic (exact) mass is 746 g/mol. The predicted molar refractivity (Wildman–Crippen MR) is 180 cm³/mol. The van der Waals surface area contributed by atoms with Crippen molar-refractivity contribution in [1.29, 1.82) is 0 Å². The van der Waals surface area contributed by atoms with Gasteiger partial charge in [-0.05, 0) is 81.5 Å². The molecule has 2 saturated carbocycles. The number of phenols is 1. The molecule has 0 bridgehead atoms. The maximum absolute atomic E-state index is 17.1. The van der Waals surface area contributed by atoms with Gasteiger partial charge in [-0.3, -0.25) is 4.90 Å². The summed E-state index contributed by atoms with van der Waals surface area (Å²) in [7, 11) is 0. The Bertz CT molecular complexity index is 2150. The Morgan fingerprint density at radius 3 is 2.58 bits per heavy atom. The van der Waals surface area contributed by atoms with Crippen LogP contribution in [0.1, 0.15) is 64.0 Å². The molecular formula is C37H37F7N6O3. The molecule has 3 N–H and O–H groups in total. The van der Waals surface area contributed by atoms with E-state index in [0.717, 1.165) is 49.9 Å². The predicted octanol–water partition coefficient (Wildman–Crippen LogP) is 7.63. The van der Waals surface area contributed by atoms with Crippen molar-refractivity contribution in [3.8, 4) is 28.8 Å². The number of phenolic OH excluding ortho intramolecular Hbond substituents is 1. The van der Waals surface area contributed by atoms with Crippen LogP contribution in [0.25, 0.3) is 32.9 Å². The Morgan fingerprint density at radius 2 is 1.87 bits per heavy atom. The molecule has 0 radical (unpaired) electrons. The van der Waals surface area contributed by atoms with E-state index in [9.17, 15) is 27.1 Å². The number of halogens is 7. The molecule has 0 unspecified atom stereocenters. The van der Waals surface area contributed by atoms with Crippen molar-refractivity contribution in [3.63, 3.8) is 0 Å². The number of aromatic nitrogens is 3. The maximum atomic E-state index is 17.1. The third-order valence-corrected chi connectivity index (χ3v) is 11.9. The quantitative estimate of drug-likeness (QED) is 0.149. The van der Waals surface area contributed by atoms with Gasteiger partial charge >= 0.3 is 12.4 Å². The molecule has 9 rings (SSSR count). The van der Waals surface area contributed by atoms with E-state index in [0.29, 0.717) is 37.5 Å². The smallest absolute Gasteiger partial charge is 0.508 e. The van der Waals surface area contributed by atoms with E-state index in [2.05, 4.69) is 37.2 Å². The van der Waals surface area contributed by atoms with Gasteiger partial charge in [-0.2, -0.15) is 9.97 Å². The van der Waals surface area contributed by atoms with Gasteiger partial charge in [0.2, 0.25) is 0 Å². The van der Waals surface area contributed by atoms with Crippen LogP contribution in [0.4, 0.5) is 36.6 Å². The van der Waals surface area contributed by atoms with Crippen molar-refractivity contribution < 1.29 is 45.3 Å². The highest BCUT2D eigenvalue weighted by atomic mass is 19.4. The van der Waals surface area contributed by atoms with Crippen LogP contribution in [0, 0.1) is 17.0 Å². The highest BCUT2D eigenvalue weighted by molar-refractivity contribution is 6.03. The zero-order valence-corrected chi connectivity index (χ0v) is 28.7. The number of anilines is 1. The van der Waals surface area contributed by atoms with Crippen molar-refractivity contribution >= 4 is 27.5 Å². The van der Waals surface area contributed by atoms with Crippen LogP contribution in [0.5, 0.6) is 17.5 Å². The van der Waals surface area contributed by atoms with Crippen molar-refractivity contribution in [1.82, 2.24) is 25.2 Å². The van der Waals surface area contributed by atoms with E-state index in [1.807, 2.05) is 0 Å². The van der Waals surface area contributed by atoms with Gasteiger partial charge in [0, 0.05) is 42.0 Å². The number of hydrogen-bond donors (Lipinski definition) is 3. The first-order chi connectivity index (χ1) is 25.2. The molecule has 9 nitrogen and oxygen atoms in total. The minimum Gasteiger partial charge on any atom is -0.508 e. The minimum absolute atomic E-state index is 0.00105. The molecule has 282 valence electrons. The maximum Gasteiger partial charge on any atom is 0.573 e. The molecule has 3 aliphatic heterocycles. The number of aromatic hydroxyl groups is 1. The van der Waals surface area contributed by atoms with Gasteiger partial charge < -0.3 is 25.2 Å². The number of nitrogens with zero attached hydrogens (tertiary/aromatic N) is 4. The van der Waals surface area contributed by atoms with Crippen molar-refractivity contribution in [2.24, 2.45) is 5.41 Å². The molecule has 4 aromatic rings. The lowest BCUT2D eigenvalue weighted by molar-refractivity contribution is -0.275. The SMILES string of the molecule is CC[C@H](NC1CC1)[C@H]1CCc2nc(-c3cc(O)cc4ccc(F)c(OC(F)(F)F)c34)c(F)c3nc(OC[C@@]45CCCN4C[C@@]4(CC4(F)F)C5)nc(c23)N1. The number of rotatable bonds is 9. The largest absolute Gasteiger partial charge is 0.573 e. The van der Waals surface area contributed by atoms with Crippen LogP contribution in [0.3, 0.4) is 0 Å². The summed E-state index contributed by atoms with van der Waals surface area (Å²) in [6.45, 7) is 2.98. The summed E-state index contributed by atoms with van der Waals surface area (Å²) >= 11 is 0. The number of pyridine rings is 1. The lowest BCUT2D eigenvalue weighted by Gasteiger charge is -2.31. The number of fused-ring (bicyclic) bond motifs is 2. The molecule has 2 aromatic carbocycles. The summed E-state index contributed by atoms with van der Waals surface area (Å²) in [5, 5.41) is 17.5. The Labute approximate surface area is 299 Å². The zero-order valence-electron chi connectivity index (χ0n) is 28.7. The van der Waals surface area contributed by atoms with Crippen molar-refractivity contribution in [2.75, 3.05) is 25.0 Å². The van der Waals surface area contributed by atoms with Crippen LogP contribution < -0.4 is 20.1 Å². The fourth-order valence-corrected chi connectivity index (χ4v) is 9.11. The van der Waals surface area contributed by atoms with E-state index >= 15 is 8.78 Å². The van der Waals surface area contributed by atoms with Crippen molar-refractivity contribution in [2.45, 2.75) is 101 Å². The molecule has 2 aromatic heterocycles. The van der Waals surface area contributed by atoms with Crippen LogP contribution in [0.2, 0.25) is 0 Å². The van der Waals surface area contributed by atoms with Crippen LogP contribution in [0.15, 0.2) is 24.3 Å². The average Bonchev–Trinajstić information content (AvgIpc) is 3.94. The number of alkyl halides is 5. The summed E-state index contributed by atoms with van der Waals surface area (Å²) in [5.41, 5.74) is -2.45. The zero-order chi connectivity index (χ0) is 37.1. The molecular weight excluding hydrogens is 709 g/mol. The van der Waals surface area contributed by atoms with Crippen LogP contribution in [-0.4, -0.2) is 80.6 Å². The second kappa shape index (κ2) is 11.9. The lowest BCUT2D eigenvalue weighted by atomic mass is 9.89. The molecule has 4 fully saturated rings. The molecule has 16 heteroatoms. The van der Waals surface area contributed by atoms with E-state index in [-0.39, 0.29) is 71.8 Å². The number of aryl methyl sites for hydroxylation is 1. The Kier molecular flexibility index (Phi) is 7.77. The highest BCUT2D eigenvalue weighted by Gasteiger charge is 2.77. The van der Waals surface area contributed by atoms with Gasteiger partial charge in [0.05, 0.1) is 22.0 Å². The molecule has 5 aliphatic rings. The second-order valence-electron chi connectivity index (χ2n) is 15.4. The van der Waals surface area contributed by atoms with E-state index < -0.39 is 57.5 Å². The summed E-state index contributed by atoms with van der Waals surface area (Å²) in [4.78, 5) is 15.9. The van der Waals surface area contributed by atoms with Gasteiger partial charge in [-0.15, -0.1) is 13.2 Å². The Hall–Kier alpha value is -4.18. The minimum atomic E-state index is -5.29. The van der Waals surface area contributed by atoms with Gasteiger partial charge in [0.1, 0.15) is 29.4 Å². The van der Waals surface area contributed by atoms with Crippen molar-refractivity contribution in [3.05, 3.63) is 41.6 Å². The Balaban J connectivity index is 1.18. The van der Waals surface area contributed by atoms with E-state index in [4.69, 9.17) is 9.72 Å². The molecule has 2 saturated heterocycles. The number of benzene rings is 2. The Morgan fingerprint density at radius 1 is 1.08 bits per heavy atom. The number of hydrogen-bond acceptors (Lipinski definition) is 9. The molecule has 0 amide bonds. The molecule has 2 aliphatic carbocycles. The fraction of sp³-hybridized carbons (Fsp3) is 0.541. The van der Waals surface area contributed by atoms with Gasteiger partial charge in [0.15, 0.2) is 17.4 Å². The van der Waals surface area contributed by atoms with Gasteiger partial charge in [0.25, 0.3) is 5.92 Å². The highest BCUT2D eigenvalue weighted by Crippen LogP contribution is 2.69. The molecule has 53 heavy (non-hydrogen) atoms. The first-order valence-corrected chi connectivity index (χ1v) is 18.1. The lowest BCUT2D eigenvalue weighted by Crippen LogP contribution is -2.45. The summed E-state index contributed by atoms with van der Waals surface area (Å²) in [6.07, 6.45) is -0.0390. The molecule has 1 spiro atoms. The number of nitrogens with one attached hydrogen (secondary N) is 2. The normalized spacial score (nSPS) is 26.8. The topological polar surface area (TPSA) is 105 Å². The first kappa shape index (κ1) is 34.6. The van der Waals surface area contributed by atoms with Crippen LogP contribution in [-0.2, 0) is 6.42 Å². The van der Waals surface area contributed by atoms with Gasteiger partial charge in [-0.25, -0.2) is 22.5 Å². The van der Waals surface area contributed by atoms with E-state index in [1.165, 1.54) is 0 Å². The third-order valence-electron chi connectivity index (χ3n) is 11.9. The summed E-state index contributed by atoms with van der Waals surface area (Å²) in [6, 6.07) is 4.04. The van der Waals surface area contributed by atoms with E-state index in [1.54, 1.807) is 0 Å². The second-order valence-corrected chi connectivity index (χ2v) is 15.4. The standard InChI is InChI=1S/C37H37F7N6O3/c1-2-23(45-19-5-6-19)24-8-9-25-27-30(28(39)29(46-25)21-13-20(51)12-18-4-7-22(38)31(26(18)21)53-37(42,43)44)48-33(49-32(27)47-24)52-17-35-10-3-11-50(35)16-34(14-35)15-36(34,40)41/h4,7,12-13,19,23-24,45,51H,2-3,5-6,8-11,14-17H2,1H3,(H,47,48,49)/t23-,24+,34-,35-/m0/s1. The molecule has 5 heterocycles. The molecule has 4 atom stereocenters. The summed E-state index contributed by atoms with van der Waals surface area (Å²) < 4.78 is 112. The third kappa shape index (κ3) is 5.87. The fourth-order valence-electron chi connectivity index (χ4n) is 9.11. The first-order valence-electron chi connectivity index (χ1n) is 18.1. The average molecular weight is 747 g/mol. The number of ether oxygens (including phenoxy) is 2. The summed E-state index contributed by atoms with van der Waals surface area (Å²) in [5.74, 6) is -6.51. The van der Waals surface area contributed by atoms with Gasteiger partial charge in [-0.1, -0.05) is 13.0 Å². The van der Waals surface area contributed by atoms with Crippen LogP contribution >= 0.6 is 0 Å².